The number of hydrogen-bond acceptors (Lipinski definition) is 5. The van der Waals surface area contributed by atoms with Gasteiger partial charge in [-0.25, -0.2) is 0 Å². The number of ether oxygens (including phenoxy) is 1. The van der Waals surface area contributed by atoms with E-state index in [0.717, 1.165) is 17.7 Å². The maximum absolute atomic E-state index is 12.7. The summed E-state index contributed by atoms with van der Waals surface area (Å²) in [5.74, 6) is 1.56. The topological polar surface area (TPSA) is 82.4 Å². The van der Waals surface area contributed by atoms with Crippen LogP contribution in [-0.4, -0.2) is 42.2 Å². The Morgan fingerprint density at radius 1 is 1.21 bits per heavy atom. The first kappa shape index (κ1) is 20.7. The molecule has 3 rings (SSSR count). The van der Waals surface area contributed by atoms with Gasteiger partial charge in [-0.3, -0.25) is 9.59 Å². The Morgan fingerprint density at radius 3 is 2.59 bits per heavy atom. The minimum absolute atomic E-state index is 0.0176. The van der Waals surface area contributed by atoms with Crippen molar-refractivity contribution in [3.05, 3.63) is 59.7 Å². The van der Waals surface area contributed by atoms with Gasteiger partial charge in [0.25, 0.3) is 0 Å². The zero-order chi connectivity index (χ0) is 20.6. The summed E-state index contributed by atoms with van der Waals surface area (Å²) >= 11 is 1.52. The van der Waals surface area contributed by atoms with E-state index in [0.29, 0.717) is 35.7 Å². The molecule has 7 heteroatoms. The van der Waals surface area contributed by atoms with Crippen molar-refractivity contribution in [1.82, 2.24) is 4.90 Å². The van der Waals surface area contributed by atoms with Gasteiger partial charge in [0.05, 0.1) is 24.5 Å². The molecule has 1 fully saturated rings. The highest BCUT2D eigenvalue weighted by Crippen LogP contribution is 2.22. The molecular formula is C22H23N3O3S. The lowest BCUT2D eigenvalue weighted by Crippen LogP contribution is -2.44. The predicted octanol–water partition coefficient (Wildman–Crippen LogP) is 3.43. The number of benzene rings is 2. The van der Waals surface area contributed by atoms with Crippen LogP contribution in [0.2, 0.25) is 0 Å². The second-order valence-corrected chi connectivity index (χ2v) is 7.75. The summed E-state index contributed by atoms with van der Waals surface area (Å²) < 4.78 is 5.12. The van der Waals surface area contributed by atoms with Crippen LogP contribution in [0.5, 0.6) is 5.75 Å². The van der Waals surface area contributed by atoms with Gasteiger partial charge in [-0.2, -0.15) is 5.26 Å². The van der Waals surface area contributed by atoms with Gasteiger partial charge < -0.3 is 15.0 Å². The van der Waals surface area contributed by atoms with E-state index in [4.69, 9.17) is 10.00 Å². The first-order chi connectivity index (χ1) is 14.1. The maximum Gasteiger partial charge on any atom is 0.247 e. The molecule has 6 nitrogen and oxygen atoms in total. The Morgan fingerprint density at radius 2 is 1.93 bits per heavy atom. The SMILES string of the molecule is COc1ccc(NC(=O)C2CCCN2C(=O)CSCc2ccc(C#N)cc2)cc1. The zero-order valence-corrected chi connectivity index (χ0v) is 17.1. The largest absolute Gasteiger partial charge is 0.497 e. The normalized spacial score (nSPS) is 15.6. The minimum Gasteiger partial charge on any atom is -0.497 e. The molecule has 150 valence electrons. The van der Waals surface area contributed by atoms with E-state index in [9.17, 15) is 9.59 Å². The quantitative estimate of drug-likeness (QED) is 0.758. The Hall–Kier alpha value is -2.98. The predicted molar refractivity (Wildman–Crippen MR) is 114 cm³/mol. The highest BCUT2D eigenvalue weighted by Gasteiger charge is 2.33. The number of nitrogens with zero attached hydrogens (tertiary/aromatic N) is 2. The molecule has 0 saturated carbocycles. The van der Waals surface area contributed by atoms with Crippen LogP contribution in [0.3, 0.4) is 0 Å². The molecule has 2 amide bonds. The van der Waals surface area contributed by atoms with E-state index in [2.05, 4.69) is 11.4 Å². The van der Waals surface area contributed by atoms with Gasteiger partial charge in [0.1, 0.15) is 11.8 Å². The molecule has 1 N–H and O–H groups in total. The summed E-state index contributed by atoms with van der Waals surface area (Å²) in [5.41, 5.74) is 2.37. The number of carbonyl (C=O) groups excluding carboxylic acids is 2. The molecule has 0 radical (unpaired) electrons. The third kappa shape index (κ3) is 5.52. The van der Waals surface area contributed by atoms with Crippen molar-refractivity contribution in [3.8, 4) is 11.8 Å². The van der Waals surface area contributed by atoms with Crippen LogP contribution in [0.25, 0.3) is 0 Å². The number of anilines is 1. The standard InChI is InChI=1S/C22H23N3O3S/c1-28-19-10-8-18(9-11-19)24-22(27)20-3-2-12-25(20)21(26)15-29-14-17-6-4-16(13-23)5-7-17/h4-11,20H,2-3,12,14-15H2,1H3,(H,24,27). The van der Waals surface area contributed by atoms with Gasteiger partial charge in [-0.15, -0.1) is 11.8 Å². The van der Waals surface area contributed by atoms with E-state index >= 15 is 0 Å². The highest BCUT2D eigenvalue weighted by molar-refractivity contribution is 7.99. The van der Waals surface area contributed by atoms with E-state index in [1.54, 1.807) is 48.4 Å². The fourth-order valence-corrected chi connectivity index (χ4v) is 4.12. The van der Waals surface area contributed by atoms with Crippen molar-refractivity contribution in [2.24, 2.45) is 0 Å². The van der Waals surface area contributed by atoms with Crippen LogP contribution in [0.1, 0.15) is 24.0 Å². The summed E-state index contributed by atoms with van der Waals surface area (Å²) in [7, 11) is 1.59. The molecule has 29 heavy (non-hydrogen) atoms. The number of nitrogens with one attached hydrogen (secondary N) is 1. The number of likely N-dealkylation sites (tertiary alicyclic amines) is 1. The summed E-state index contributed by atoms with van der Waals surface area (Å²) in [5, 5.41) is 11.7. The van der Waals surface area contributed by atoms with E-state index in [-0.39, 0.29) is 11.8 Å². The van der Waals surface area contributed by atoms with Crippen molar-refractivity contribution < 1.29 is 14.3 Å². The fourth-order valence-electron chi connectivity index (χ4n) is 3.25. The smallest absolute Gasteiger partial charge is 0.247 e. The second-order valence-electron chi connectivity index (χ2n) is 6.76. The molecule has 1 aliphatic rings. The third-order valence-electron chi connectivity index (χ3n) is 4.81. The van der Waals surface area contributed by atoms with Gasteiger partial charge in [0, 0.05) is 18.0 Å². The Bertz CT molecular complexity index is 891. The molecular weight excluding hydrogens is 386 g/mol. The summed E-state index contributed by atoms with van der Waals surface area (Å²) in [6, 6.07) is 16.1. The Labute approximate surface area is 174 Å². The zero-order valence-electron chi connectivity index (χ0n) is 16.3. The Balaban J connectivity index is 1.51. The van der Waals surface area contributed by atoms with Crippen LogP contribution in [0.15, 0.2) is 48.5 Å². The molecule has 0 aliphatic carbocycles. The number of amides is 2. The van der Waals surface area contributed by atoms with Crippen molar-refractivity contribution in [2.75, 3.05) is 24.7 Å². The van der Waals surface area contributed by atoms with E-state index < -0.39 is 6.04 Å². The van der Waals surface area contributed by atoms with Crippen molar-refractivity contribution in [2.45, 2.75) is 24.6 Å². The molecule has 1 saturated heterocycles. The monoisotopic (exact) mass is 409 g/mol. The molecule has 1 heterocycles. The number of nitriles is 1. The average Bonchev–Trinajstić information content (AvgIpc) is 3.25. The fraction of sp³-hybridized carbons (Fsp3) is 0.318. The second kappa shape index (κ2) is 9.99. The lowest BCUT2D eigenvalue weighted by atomic mass is 10.2. The molecule has 0 aromatic heterocycles. The van der Waals surface area contributed by atoms with Gasteiger partial charge in [-0.05, 0) is 54.8 Å². The van der Waals surface area contributed by atoms with Crippen LogP contribution in [0.4, 0.5) is 5.69 Å². The lowest BCUT2D eigenvalue weighted by molar-refractivity contribution is -0.134. The molecule has 2 aromatic carbocycles. The molecule has 1 aliphatic heterocycles. The van der Waals surface area contributed by atoms with Crippen LogP contribution in [-0.2, 0) is 15.3 Å². The van der Waals surface area contributed by atoms with Gasteiger partial charge in [0.15, 0.2) is 0 Å². The highest BCUT2D eigenvalue weighted by atomic mass is 32.2. The van der Waals surface area contributed by atoms with Crippen LogP contribution >= 0.6 is 11.8 Å². The van der Waals surface area contributed by atoms with E-state index in [1.807, 2.05) is 12.1 Å². The minimum atomic E-state index is -0.430. The first-order valence-corrected chi connectivity index (χ1v) is 10.6. The number of hydrogen-bond donors (Lipinski definition) is 1. The third-order valence-corrected chi connectivity index (χ3v) is 5.80. The lowest BCUT2D eigenvalue weighted by Gasteiger charge is -2.24. The molecule has 2 aromatic rings. The summed E-state index contributed by atoms with van der Waals surface area (Å²) in [6.07, 6.45) is 1.50. The van der Waals surface area contributed by atoms with Gasteiger partial charge >= 0.3 is 0 Å². The number of thioether (sulfide) groups is 1. The molecule has 1 atom stereocenters. The van der Waals surface area contributed by atoms with Crippen LogP contribution < -0.4 is 10.1 Å². The number of rotatable bonds is 7. The van der Waals surface area contributed by atoms with Crippen LogP contribution in [0, 0.1) is 11.3 Å². The number of methoxy groups -OCH3 is 1. The Kier molecular flexibility index (Phi) is 7.14. The summed E-state index contributed by atoms with van der Waals surface area (Å²) in [4.78, 5) is 27.0. The molecule has 0 spiro atoms. The van der Waals surface area contributed by atoms with Gasteiger partial charge in [-0.1, -0.05) is 12.1 Å². The van der Waals surface area contributed by atoms with Gasteiger partial charge in [0.2, 0.25) is 11.8 Å². The average molecular weight is 410 g/mol. The first-order valence-electron chi connectivity index (χ1n) is 9.42. The molecule has 0 bridgehead atoms. The van der Waals surface area contributed by atoms with E-state index in [1.165, 1.54) is 11.8 Å². The van der Waals surface area contributed by atoms with Crippen molar-refractivity contribution in [3.63, 3.8) is 0 Å². The van der Waals surface area contributed by atoms with Crippen molar-refractivity contribution >= 4 is 29.3 Å². The maximum atomic E-state index is 12.7. The molecule has 1 unspecified atom stereocenters. The number of carbonyl (C=O) groups is 2. The summed E-state index contributed by atoms with van der Waals surface area (Å²) in [6.45, 7) is 0.608. The van der Waals surface area contributed by atoms with Crippen molar-refractivity contribution in [1.29, 1.82) is 5.26 Å².